The maximum Gasteiger partial charge on any atom is 0.490 e. The fourth-order valence-electron chi connectivity index (χ4n) is 5.86. The molecule has 3 amide bonds. The number of aryl methyl sites for hydroxylation is 1. The van der Waals surface area contributed by atoms with Crippen molar-refractivity contribution in [1.29, 1.82) is 0 Å². The summed E-state index contributed by atoms with van der Waals surface area (Å²) in [6.07, 6.45) is -0.853. The van der Waals surface area contributed by atoms with Crippen LogP contribution in [0.4, 0.5) is 23.7 Å². The zero-order chi connectivity index (χ0) is 39.6. The van der Waals surface area contributed by atoms with E-state index < -0.39 is 35.8 Å². The van der Waals surface area contributed by atoms with Gasteiger partial charge in [0.05, 0.1) is 11.7 Å². The molecule has 4 aromatic rings. The highest BCUT2D eigenvalue weighted by molar-refractivity contribution is 6.17. The summed E-state index contributed by atoms with van der Waals surface area (Å²) in [6, 6.07) is 17.8. The summed E-state index contributed by atoms with van der Waals surface area (Å²) >= 11 is 0. The summed E-state index contributed by atoms with van der Waals surface area (Å²) in [5, 5.41) is 24.0. The van der Waals surface area contributed by atoms with E-state index in [4.69, 9.17) is 20.4 Å². The number of carbonyl (C=O) groups is 4. The minimum Gasteiger partial charge on any atom is -0.475 e. The van der Waals surface area contributed by atoms with E-state index in [0.29, 0.717) is 36.5 Å². The van der Waals surface area contributed by atoms with Gasteiger partial charge in [0.2, 0.25) is 11.7 Å². The molecule has 1 atom stereocenters. The highest BCUT2D eigenvalue weighted by Gasteiger charge is 2.38. The molecule has 17 heteroatoms. The molecule has 0 aliphatic heterocycles. The predicted molar refractivity (Wildman–Crippen MR) is 192 cm³/mol. The lowest BCUT2D eigenvalue weighted by Crippen LogP contribution is -2.50. The molecule has 0 spiro atoms. The van der Waals surface area contributed by atoms with Gasteiger partial charge in [-0.3, -0.25) is 14.6 Å². The summed E-state index contributed by atoms with van der Waals surface area (Å²) in [5.74, 6) is -3.25. The molecule has 1 fully saturated rings. The summed E-state index contributed by atoms with van der Waals surface area (Å²) in [6.45, 7) is 7.90. The van der Waals surface area contributed by atoms with Crippen LogP contribution >= 0.6 is 0 Å². The summed E-state index contributed by atoms with van der Waals surface area (Å²) in [7, 11) is 0. The lowest BCUT2D eigenvalue weighted by Gasteiger charge is -2.32. The molecule has 0 bridgehead atoms. The van der Waals surface area contributed by atoms with Crippen LogP contribution in [-0.4, -0.2) is 79.0 Å². The zero-order valence-electron chi connectivity index (χ0n) is 30.3. The van der Waals surface area contributed by atoms with E-state index in [0.717, 1.165) is 35.2 Å². The summed E-state index contributed by atoms with van der Waals surface area (Å²) in [5.41, 5.74) is 11.0. The first-order chi connectivity index (χ1) is 25.4. The number of hydrogen-bond donors (Lipinski definition) is 4. The molecule has 5 rings (SSSR count). The number of halogens is 3. The molecule has 2 heterocycles. The van der Waals surface area contributed by atoms with Gasteiger partial charge in [0.1, 0.15) is 5.60 Å². The van der Waals surface area contributed by atoms with Crippen molar-refractivity contribution >= 4 is 29.6 Å². The molecule has 1 aliphatic carbocycles. The Morgan fingerprint density at radius 3 is 2.13 bits per heavy atom. The van der Waals surface area contributed by atoms with Crippen LogP contribution < -0.4 is 16.0 Å². The van der Waals surface area contributed by atoms with Crippen LogP contribution in [0.3, 0.4) is 0 Å². The van der Waals surface area contributed by atoms with E-state index in [1.165, 1.54) is 4.90 Å². The number of carbonyl (C=O) groups excluding carboxylic acids is 3. The number of anilines is 1. The number of benzene rings is 2. The molecule has 288 valence electrons. The third-order valence-electron chi connectivity index (χ3n) is 8.59. The number of nitrogens with two attached hydrogens (primary N) is 1. The van der Waals surface area contributed by atoms with Crippen molar-refractivity contribution < 1.29 is 42.2 Å². The smallest absolute Gasteiger partial charge is 0.475 e. The number of rotatable bonds is 9. The van der Waals surface area contributed by atoms with Crippen molar-refractivity contribution in [3.63, 3.8) is 0 Å². The van der Waals surface area contributed by atoms with Crippen molar-refractivity contribution in [1.82, 2.24) is 30.9 Å². The van der Waals surface area contributed by atoms with Gasteiger partial charge in [0, 0.05) is 35.5 Å². The van der Waals surface area contributed by atoms with Crippen LogP contribution in [-0.2, 0) is 25.5 Å². The SMILES string of the molecule is Cc1ncccc1-c1ccc(C[C@H](N)C(=O)N(C(=O)C2CCC(CNC(=O)OC(C)(C)C)CC2)c2ccc(-c3nn[nH]n3)cc2)cc1.O=C(O)C(F)(F)F. The van der Waals surface area contributed by atoms with E-state index in [-0.39, 0.29) is 24.2 Å². The van der Waals surface area contributed by atoms with Gasteiger partial charge in [-0.2, -0.15) is 18.4 Å². The number of tetrazole rings is 1. The number of carboxylic acids is 1. The first-order valence-corrected chi connectivity index (χ1v) is 17.2. The Balaban J connectivity index is 0.000000845. The third kappa shape index (κ3) is 11.6. The highest BCUT2D eigenvalue weighted by atomic mass is 19.4. The number of ether oxygens (including phenoxy) is 1. The summed E-state index contributed by atoms with van der Waals surface area (Å²) in [4.78, 5) is 54.7. The standard InChI is InChI=1S/C35H42N8O4.C2HF3O2/c1-22-29(6-5-19-37-22)25-11-7-23(8-12-25)20-30(36)33(45)43(28-17-15-26(16-18-28)31-39-41-42-40-31)32(44)27-13-9-24(10-14-27)21-38-34(46)47-35(2,3)4;3-2(4,5)1(6)7/h5-8,11-12,15-19,24,27,30H,9-10,13-14,20-21,36H2,1-4H3,(H,38,46)(H,39,40,41,42);(H,6,7)/t24?,27?,30-;/m0./s1. The number of pyridine rings is 1. The number of imide groups is 1. The number of nitrogens with one attached hydrogen (secondary N) is 2. The Kier molecular flexibility index (Phi) is 13.6. The van der Waals surface area contributed by atoms with Gasteiger partial charge in [-0.05, 0) is 112 Å². The Labute approximate surface area is 309 Å². The lowest BCUT2D eigenvalue weighted by molar-refractivity contribution is -0.192. The Morgan fingerprint density at radius 2 is 1.59 bits per heavy atom. The second kappa shape index (κ2) is 17.9. The van der Waals surface area contributed by atoms with Crippen molar-refractivity contribution in [3.05, 3.63) is 78.1 Å². The number of alkyl halides is 3. The van der Waals surface area contributed by atoms with E-state index in [2.05, 4.69) is 30.9 Å². The maximum absolute atomic E-state index is 14.1. The molecule has 0 unspecified atom stereocenters. The first-order valence-electron chi connectivity index (χ1n) is 17.2. The average molecular weight is 753 g/mol. The van der Waals surface area contributed by atoms with Gasteiger partial charge in [-0.15, -0.1) is 10.2 Å². The average Bonchev–Trinajstić information content (AvgIpc) is 3.66. The maximum atomic E-state index is 14.1. The largest absolute Gasteiger partial charge is 0.490 e. The third-order valence-corrected chi connectivity index (χ3v) is 8.59. The normalized spacial score (nSPS) is 16.3. The van der Waals surface area contributed by atoms with Crippen LogP contribution in [0.2, 0.25) is 0 Å². The number of amides is 3. The number of aromatic amines is 1. The van der Waals surface area contributed by atoms with Crippen LogP contribution in [0.25, 0.3) is 22.5 Å². The molecule has 54 heavy (non-hydrogen) atoms. The quantitative estimate of drug-likeness (QED) is 0.165. The molecule has 5 N–H and O–H groups in total. The molecule has 0 radical (unpaired) electrons. The Bertz CT molecular complexity index is 1870. The second-order valence-electron chi connectivity index (χ2n) is 13.8. The molecule has 0 saturated heterocycles. The van der Waals surface area contributed by atoms with Crippen molar-refractivity contribution in [2.24, 2.45) is 17.6 Å². The number of aliphatic carboxylic acids is 1. The van der Waals surface area contributed by atoms with Gasteiger partial charge in [0.15, 0.2) is 0 Å². The van der Waals surface area contributed by atoms with E-state index >= 15 is 0 Å². The van der Waals surface area contributed by atoms with Gasteiger partial charge >= 0.3 is 18.2 Å². The number of carboxylic acid groups (broad SMARTS) is 1. The van der Waals surface area contributed by atoms with Crippen molar-refractivity contribution in [3.8, 4) is 22.5 Å². The van der Waals surface area contributed by atoms with Crippen molar-refractivity contribution in [2.75, 3.05) is 11.4 Å². The van der Waals surface area contributed by atoms with Crippen LogP contribution in [0.1, 0.15) is 57.7 Å². The van der Waals surface area contributed by atoms with Crippen LogP contribution in [0.5, 0.6) is 0 Å². The predicted octanol–water partition coefficient (Wildman–Crippen LogP) is 5.63. The number of aromatic nitrogens is 5. The van der Waals surface area contributed by atoms with E-state index in [9.17, 15) is 27.6 Å². The fourth-order valence-corrected chi connectivity index (χ4v) is 5.86. The first kappa shape index (κ1) is 41.1. The van der Waals surface area contributed by atoms with E-state index in [1.54, 1.807) is 30.5 Å². The number of alkyl carbamates (subject to hydrolysis) is 1. The molecular weight excluding hydrogens is 709 g/mol. The minimum atomic E-state index is -5.08. The molecule has 2 aromatic carbocycles. The highest BCUT2D eigenvalue weighted by Crippen LogP contribution is 2.32. The Morgan fingerprint density at radius 1 is 0.981 bits per heavy atom. The summed E-state index contributed by atoms with van der Waals surface area (Å²) < 4.78 is 37.1. The monoisotopic (exact) mass is 752 g/mol. The molecule has 1 aliphatic rings. The topological polar surface area (TPSA) is 206 Å². The fraction of sp³-hybridized carbons (Fsp3) is 0.405. The van der Waals surface area contributed by atoms with Crippen molar-refractivity contribution in [2.45, 2.75) is 77.6 Å². The number of H-pyrrole nitrogens is 1. The molecule has 14 nitrogen and oxygen atoms in total. The minimum absolute atomic E-state index is 0.214. The number of nitrogens with zero attached hydrogens (tertiary/aromatic N) is 5. The second-order valence-corrected chi connectivity index (χ2v) is 13.8. The van der Waals surface area contributed by atoms with Gasteiger partial charge < -0.3 is 20.9 Å². The zero-order valence-corrected chi connectivity index (χ0v) is 30.3. The molecular formula is C37H43F3N8O6. The van der Waals surface area contributed by atoms with Gasteiger partial charge in [-0.25, -0.2) is 14.5 Å². The van der Waals surface area contributed by atoms with Crippen LogP contribution in [0, 0.1) is 18.8 Å². The molecule has 1 saturated carbocycles. The Hall–Kier alpha value is -5.71. The van der Waals surface area contributed by atoms with E-state index in [1.807, 2.05) is 64.1 Å². The lowest BCUT2D eigenvalue weighted by atomic mass is 9.81. The van der Waals surface area contributed by atoms with Gasteiger partial charge in [0.25, 0.3) is 5.91 Å². The van der Waals surface area contributed by atoms with Gasteiger partial charge in [-0.1, -0.05) is 30.3 Å². The molecule has 2 aromatic heterocycles. The van der Waals surface area contributed by atoms with Crippen LogP contribution in [0.15, 0.2) is 66.9 Å². The number of hydrogen-bond acceptors (Lipinski definition) is 10.